The molecular weight excluding hydrogens is 479 g/mol. The second-order valence-electron chi connectivity index (χ2n) is 6.86. The molecule has 1 saturated heterocycles. The van der Waals surface area contributed by atoms with E-state index < -0.39 is 23.7 Å². The smallest absolute Gasteiger partial charge is 0.336 e. The van der Waals surface area contributed by atoms with Gasteiger partial charge in [-0.05, 0) is 42.0 Å². The standard InChI is InChI=1S/C24H16BrFN2O4/c25-17-11-9-15(10-12-17)14-32-21-8-4-1-5-16(21)13-18-22(29)27-24(31)28(23(18)30)20-7-3-2-6-19(20)26/h1-13H,14H2,(H,27,29,31)/b18-13-. The van der Waals surface area contributed by atoms with Crippen LogP contribution in [0.3, 0.4) is 0 Å². The van der Waals surface area contributed by atoms with Crippen LogP contribution in [0, 0.1) is 5.82 Å². The minimum absolute atomic E-state index is 0.242. The number of barbiturate groups is 1. The Bertz CT molecular complexity index is 1240. The first-order valence-corrected chi connectivity index (χ1v) is 10.4. The number of ether oxygens (including phenoxy) is 1. The van der Waals surface area contributed by atoms with Gasteiger partial charge >= 0.3 is 6.03 Å². The summed E-state index contributed by atoms with van der Waals surface area (Å²) in [4.78, 5) is 38.3. The summed E-state index contributed by atoms with van der Waals surface area (Å²) >= 11 is 3.38. The molecule has 1 aliphatic heterocycles. The van der Waals surface area contributed by atoms with Crippen LogP contribution in [0.25, 0.3) is 6.08 Å². The summed E-state index contributed by atoms with van der Waals surface area (Å²) in [5, 5.41) is 2.09. The molecule has 1 heterocycles. The van der Waals surface area contributed by atoms with Crippen LogP contribution in [0.5, 0.6) is 5.75 Å². The summed E-state index contributed by atoms with van der Waals surface area (Å²) in [5.41, 5.74) is 0.838. The van der Waals surface area contributed by atoms with Crippen molar-refractivity contribution >= 4 is 45.5 Å². The Morgan fingerprint density at radius 2 is 1.62 bits per heavy atom. The lowest BCUT2D eigenvalue weighted by molar-refractivity contribution is -0.122. The van der Waals surface area contributed by atoms with Crippen molar-refractivity contribution in [3.63, 3.8) is 0 Å². The van der Waals surface area contributed by atoms with E-state index in [1.165, 1.54) is 24.3 Å². The SMILES string of the molecule is O=C1NC(=O)N(c2ccccc2F)C(=O)/C1=C\c1ccccc1OCc1ccc(Br)cc1. The lowest BCUT2D eigenvalue weighted by Gasteiger charge is -2.26. The number of hydrogen-bond acceptors (Lipinski definition) is 4. The van der Waals surface area contributed by atoms with E-state index in [1.54, 1.807) is 24.3 Å². The number of rotatable bonds is 5. The summed E-state index contributed by atoms with van der Waals surface area (Å²) in [6, 6.07) is 18.8. The predicted molar refractivity (Wildman–Crippen MR) is 120 cm³/mol. The molecule has 0 aromatic heterocycles. The molecule has 6 nitrogen and oxygen atoms in total. The van der Waals surface area contributed by atoms with Gasteiger partial charge in [0.1, 0.15) is 23.7 Å². The maximum Gasteiger partial charge on any atom is 0.336 e. The lowest BCUT2D eigenvalue weighted by Crippen LogP contribution is -2.54. The molecule has 4 amide bonds. The number of amides is 4. The van der Waals surface area contributed by atoms with E-state index in [-0.39, 0.29) is 17.9 Å². The largest absolute Gasteiger partial charge is 0.488 e. The molecule has 1 fully saturated rings. The Hall–Kier alpha value is -3.78. The van der Waals surface area contributed by atoms with E-state index in [9.17, 15) is 18.8 Å². The van der Waals surface area contributed by atoms with Crippen molar-refractivity contribution < 1.29 is 23.5 Å². The molecule has 0 bridgehead atoms. The number of urea groups is 1. The minimum atomic E-state index is -1.01. The molecule has 0 spiro atoms. The van der Waals surface area contributed by atoms with E-state index in [1.807, 2.05) is 24.3 Å². The number of anilines is 1. The molecule has 3 aromatic rings. The zero-order chi connectivity index (χ0) is 22.7. The van der Waals surface area contributed by atoms with Gasteiger partial charge in [0.15, 0.2) is 0 Å². The molecule has 0 saturated carbocycles. The topological polar surface area (TPSA) is 75.7 Å². The number of para-hydroxylation sites is 2. The third kappa shape index (κ3) is 4.45. The second kappa shape index (κ2) is 9.15. The number of carbonyl (C=O) groups is 3. The van der Waals surface area contributed by atoms with Gasteiger partial charge in [-0.1, -0.05) is 58.4 Å². The monoisotopic (exact) mass is 494 g/mol. The van der Waals surface area contributed by atoms with Crippen LogP contribution in [0.15, 0.2) is 82.8 Å². The molecule has 32 heavy (non-hydrogen) atoms. The van der Waals surface area contributed by atoms with Crippen LogP contribution in [-0.2, 0) is 16.2 Å². The van der Waals surface area contributed by atoms with Gasteiger partial charge in [0.2, 0.25) is 0 Å². The van der Waals surface area contributed by atoms with Gasteiger partial charge in [-0.3, -0.25) is 14.9 Å². The molecule has 0 radical (unpaired) electrons. The Balaban J connectivity index is 1.64. The Kier molecular flexibility index (Phi) is 6.13. The van der Waals surface area contributed by atoms with Crippen LogP contribution in [-0.4, -0.2) is 17.8 Å². The Morgan fingerprint density at radius 3 is 2.38 bits per heavy atom. The fourth-order valence-corrected chi connectivity index (χ4v) is 3.40. The molecule has 4 rings (SSSR count). The zero-order valence-corrected chi connectivity index (χ0v) is 18.1. The number of nitrogens with zero attached hydrogens (tertiary/aromatic N) is 1. The Morgan fingerprint density at radius 1 is 0.938 bits per heavy atom. The number of hydrogen-bond donors (Lipinski definition) is 1. The highest BCUT2D eigenvalue weighted by molar-refractivity contribution is 9.10. The second-order valence-corrected chi connectivity index (χ2v) is 7.78. The van der Waals surface area contributed by atoms with Gasteiger partial charge in [0, 0.05) is 10.0 Å². The van der Waals surface area contributed by atoms with Crippen molar-refractivity contribution in [3.05, 3.63) is 99.8 Å². The molecule has 0 atom stereocenters. The summed E-state index contributed by atoms with van der Waals surface area (Å²) < 4.78 is 21.1. The van der Waals surface area contributed by atoms with Crippen molar-refractivity contribution in [2.75, 3.05) is 4.90 Å². The summed E-state index contributed by atoms with van der Waals surface area (Å²) in [7, 11) is 0. The van der Waals surface area contributed by atoms with Crippen molar-refractivity contribution in [1.29, 1.82) is 0 Å². The number of nitrogens with one attached hydrogen (secondary N) is 1. The molecule has 1 N–H and O–H groups in total. The van der Waals surface area contributed by atoms with Crippen LogP contribution in [0.1, 0.15) is 11.1 Å². The van der Waals surface area contributed by atoms with Gasteiger partial charge in [0.05, 0.1) is 5.69 Å². The summed E-state index contributed by atoms with van der Waals surface area (Å²) in [6.07, 6.45) is 1.33. The Labute approximate surface area is 191 Å². The average molecular weight is 495 g/mol. The number of carbonyl (C=O) groups excluding carboxylic acids is 3. The molecule has 160 valence electrons. The summed E-state index contributed by atoms with van der Waals surface area (Å²) in [5.74, 6) is -2.11. The normalized spacial score (nSPS) is 15.1. The maximum absolute atomic E-state index is 14.2. The molecule has 0 unspecified atom stereocenters. The zero-order valence-electron chi connectivity index (χ0n) is 16.5. The molecular formula is C24H16BrFN2O4. The van der Waals surface area contributed by atoms with E-state index in [0.29, 0.717) is 16.2 Å². The molecule has 0 aliphatic carbocycles. The van der Waals surface area contributed by atoms with Gasteiger partial charge in [-0.2, -0.15) is 0 Å². The van der Waals surface area contributed by atoms with E-state index in [4.69, 9.17) is 4.74 Å². The van der Waals surface area contributed by atoms with Crippen LogP contribution < -0.4 is 15.0 Å². The fourth-order valence-electron chi connectivity index (χ4n) is 3.14. The van der Waals surface area contributed by atoms with Crippen molar-refractivity contribution in [1.82, 2.24) is 5.32 Å². The van der Waals surface area contributed by atoms with Gasteiger partial charge in [-0.25, -0.2) is 14.1 Å². The van der Waals surface area contributed by atoms with Gasteiger partial charge in [0.25, 0.3) is 11.8 Å². The quantitative estimate of drug-likeness (QED) is 0.407. The average Bonchev–Trinajstić information content (AvgIpc) is 2.78. The minimum Gasteiger partial charge on any atom is -0.488 e. The highest BCUT2D eigenvalue weighted by Gasteiger charge is 2.38. The van der Waals surface area contributed by atoms with Crippen LogP contribution in [0.2, 0.25) is 0 Å². The number of imide groups is 2. The first kappa shape index (κ1) is 21.5. The predicted octanol–water partition coefficient (Wildman–Crippen LogP) is 4.83. The fraction of sp³-hybridized carbons (Fsp3) is 0.0417. The summed E-state index contributed by atoms with van der Waals surface area (Å²) in [6.45, 7) is 0.271. The highest BCUT2D eigenvalue weighted by atomic mass is 79.9. The van der Waals surface area contributed by atoms with Crippen LogP contribution >= 0.6 is 15.9 Å². The maximum atomic E-state index is 14.2. The first-order valence-electron chi connectivity index (χ1n) is 9.56. The van der Waals surface area contributed by atoms with Crippen LogP contribution in [0.4, 0.5) is 14.9 Å². The third-order valence-electron chi connectivity index (χ3n) is 4.72. The van der Waals surface area contributed by atoms with E-state index in [2.05, 4.69) is 21.2 Å². The highest BCUT2D eigenvalue weighted by Crippen LogP contribution is 2.27. The van der Waals surface area contributed by atoms with Gasteiger partial charge < -0.3 is 4.74 Å². The molecule has 3 aromatic carbocycles. The van der Waals surface area contributed by atoms with Crippen molar-refractivity contribution in [2.45, 2.75) is 6.61 Å². The van der Waals surface area contributed by atoms with E-state index in [0.717, 1.165) is 16.1 Å². The number of halogens is 2. The lowest BCUT2D eigenvalue weighted by atomic mass is 10.1. The van der Waals surface area contributed by atoms with Gasteiger partial charge in [-0.15, -0.1) is 0 Å². The first-order chi connectivity index (χ1) is 15.4. The number of benzene rings is 3. The van der Waals surface area contributed by atoms with Crippen molar-refractivity contribution in [3.8, 4) is 5.75 Å². The molecule has 8 heteroatoms. The van der Waals surface area contributed by atoms with E-state index >= 15 is 0 Å². The molecule has 1 aliphatic rings. The third-order valence-corrected chi connectivity index (χ3v) is 5.25. The van der Waals surface area contributed by atoms with Crippen molar-refractivity contribution in [2.24, 2.45) is 0 Å².